The van der Waals surface area contributed by atoms with Crippen LogP contribution in [-0.2, 0) is 5.54 Å². The molecule has 0 aliphatic heterocycles. The van der Waals surface area contributed by atoms with Crippen molar-refractivity contribution < 1.29 is 9.84 Å². The third kappa shape index (κ3) is 3.19. The maximum Gasteiger partial charge on any atom is 0.118 e. The van der Waals surface area contributed by atoms with Crippen LogP contribution in [0.25, 0.3) is 0 Å². The van der Waals surface area contributed by atoms with Gasteiger partial charge >= 0.3 is 0 Å². The first kappa shape index (κ1) is 15.4. The summed E-state index contributed by atoms with van der Waals surface area (Å²) in [6.45, 7) is 4.17. The van der Waals surface area contributed by atoms with Gasteiger partial charge in [0.05, 0.1) is 19.3 Å². The fraction of sp³-hybridized carbons (Fsp3) is 0.333. The molecular weight excluding hydrogens is 262 g/mol. The number of aryl methyl sites for hydroxylation is 1. The SMILES string of the molecule is CCC(CO)(Nc1ccccc1C)c1ccc(OC)cc1. The van der Waals surface area contributed by atoms with E-state index in [-0.39, 0.29) is 6.61 Å². The Morgan fingerprint density at radius 1 is 1.10 bits per heavy atom. The number of para-hydroxylation sites is 1. The molecule has 3 nitrogen and oxygen atoms in total. The first-order chi connectivity index (χ1) is 10.1. The smallest absolute Gasteiger partial charge is 0.118 e. The number of rotatable bonds is 6. The van der Waals surface area contributed by atoms with Crippen LogP contribution in [0.5, 0.6) is 5.75 Å². The van der Waals surface area contributed by atoms with Gasteiger partial charge in [0.2, 0.25) is 0 Å². The van der Waals surface area contributed by atoms with E-state index in [2.05, 4.69) is 25.2 Å². The van der Waals surface area contributed by atoms with Gasteiger partial charge < -0.3 is 15.2 Å². The topological polar surface area (TPSA) is 41.5 Å². The van der Waals surface area contributed by atoms with E-state index in [1.54, 1.807) is 7.11 Å². The number of benzene rings is 2. The number of methoxy groups -OCH3 is 1. The van der Waals surface area contributed by atoms with Crippen LogP contribution in [0.15, 0.2) is 48.5 Å². The molecule has 2 N–H and O–H groups in total. The quantitative estimate of drug-likeness (QED) is 0.850. The van der Waals surface area contributed by atoms with Crippen molar-refractivity contribution in [3.63, 3.8) is 0 Å². The van der Waals surface area contributed by atoms with Gasteiger partial charge in [-0.1, -0.05) is 37.3 Å². The zero-order valence-corrected chi connectivity index (χ0v) is 12.9. The van der Waals surface area contributed by atoms with Gasteiger partial charge in [-0.05, 0) is 42.7 Å². The zero-order chi connectivity index (χ0) is 15.3. The van der Waals surface area contributed by atoms with Gasteiger partial charge in [-0.3, -0.25) is 0 Å². The molecule has 0 aliphatic carbocycles. The average molecular weight is 285 g/mol. The summed E-state index contributed by atoms with van der Waals surface area (Å²) >= 11 is 0. The van der Waals surface area contributed by atoms with Crippen molar-refractivity contribution in [2.75, 3.05) is 19.0 Å². The van der Waals surface area contributed by atoms with E-state index in [9.17, 15) is 5.11 Å². The summed E-state index contributed by atoms with van der Waals surface area (Å²) in [7, 11) is 1.65. The van der Waals surface area contributed by atoms with E-state index in [0.717, 1.165) is 29.0 Å². The van der Waals surface area contributed by atoms with E-state index in [4.69, 9.17) is 4.74 Å². The largest absolute Gasteiger partial charge is 0.497 e. The normalized spacial score (nSPS) is 13.5. The molecular formula is C18H23NO2. The lowest BCUT2D eigenvalue weighted by molar-refractivity contribution is 0.207. The second kappa shape index (κ2) is 6.64. The summed E-state index contributed by atoms with van der Waals surface area (Å²) in [4.78, 5) is 0. The van der Waals surface area contributed by atoms with Gasteiger partial charge in [-0.25, -0.2) is 0 Å². The highest BCUT2D eigenvalue weighted by atomic mass is 16.5. The molecule has 0 heterocycles. The van der Waals surface area contributed by atoms with Gasteiger partial charge in [0.25, 0.3) is 0 Å². The third-order valence-electron chi connectivity index (χ3n) is 4.04. The third-order valence-corrected chi connectivity index (χ3v) is 4.04. The number of aliphatic hydroxyl groups excluding tert-OH is 1. The molecule has 112 valence electrons. The van der Waals surface area contributed by atoms with Gasteiger partial charge in [-0.2, -0.15) is 0 Å². The highest BCUT2D eigenvalue weighted by Crippen LogP contribution is 2.31. The predicted molar refractivity (Wildman–Crippen MR) is 86.9 cm³/mol. The van der Waals surface area contributed by atoms with Crippen molar-refractivity contribution in [2.45, 2.75) is 25.8 Å². The highest BCUT2D eigenvalue weighted by Gasteiger charge is 2.29. The number of ether oxygens (including phenoxy) is 1. The summed E-state index contributed by atoms with van der Waals surface area (Å²) in [5, 5.41) is 13.5. The van der Waals surface area contributed by atoms with Crippen LogP contribution in [0.3, 0.4) is 0 Å². The van der Waals surface area contributed by atoms with Crippen molar-refractivity contribution in [2.24, 2.45) is 0 Å². The summed E-state index contributed by atoms with van der Waals surface area (Å²) in [5.74, 6) is 0.817. The van der Waals surface area contributed by atoms with Gasteiger partial charge in [-0.15, -0.1) is 0 Å². The van der Waals surface area contributed by atoms with Crippen LogP contribution in [-0.4, -0.2) is 18.8 Å². The molecule has 21 heavy (non-hydrogen) atoms. The average Bonchev–Trinajstić information content (AvgIpc) is 2.55. The first-order valence-corrected chi connectivity index (χ1v) is 7.24. The Hall–Kier alpha value is -2.00. The molecule has 0 aromatic heterocycles. The standard InChI is InChI=1S/C18H23NO2/c1-4-18(13-20,15-9-11-16(21-3)12-10-15)19-17-8-6-5-7-14(17)2/h5-12,19-20H,4,13H2,1-3H3. The molecule has 3 heteroatoms. The van der Waals surface area contributed by atoms with Gasteiger partial charge in [0.15, 0.2) is 0 Å². The fourth-order valence-corrected chi connectivity index (χ4v) is 2.49. The van der Waals surface area contributed by atoms with Crippen molar-refractivity contribution in [1.82, 2.24) is 0 Å². The molecule has 0 saturated heterocycles. The van der Waals surface area contributed by atoms with Crippen LogP contribution < -0.4 is 10.1 Å². The number of aliphatic hydroxyl groups is 1. The molecule has 2 aromatic rings. The second-order valence-corrected chi connectivity index (χ2v) is 5.26. The zero-order valence-electron chi connectivity index (χ0n) is 12.9. The molecule has 0 saturated carbocycles. The van der Waals surface area contributed by atoms with E-state index in [0.29, 0.717) is 0 Å². The van der Waals surface area contributed by atoms with Gasteiger partial charge in [0, 0.05) is 5.69 Å². The number of hydrogen-bond donors (Lipinski definition) is 2. The maximum absolute atomic E-state index is 10.0. The number of nitrogens with one attached hydrogen (secondary N) is 1. The van der Waals surface area contributed by atoms with Crippen molar-refractivity contribution in [3.8, 4) is 5.75 Å². The van der Waals surface area contributed by atoms with Crippen LogP contribution in [0.4, 0.5) is 5.69 Å². The minimum Gasteiger partial charge on any atom is -0.497 e. The molecule has 0 aliphatic rings. The first-order valence-electron chi connectivity index (χ1n) is 7.24. The lowest BCUT2D eigenvalue weighted by atomic mass is 9.87. The molecule has 1 unspecified atom stereocenters. The van der Waals surface area contributed by atoms with Crippen molar-refractivity contribution in [3.05, 3.63) is 59.7 Å². The molecule has 1 atom stereocenters. The Bertz CT molecular complexity index is 574. The summed E-state index contributed by atoms with van der Waals surface area (Å²) in [5.41, 5.74) is 2.77. The van der Waals surface area contributed by atoms with Crippen molar-refractivity contribution >= 4 is 5.69 Å². The van der Waals surface area contributed by atoms with Gasteiger partial charge in [0.1, 0.15) is 5.75 Å². The highest BCUT2D eigenvalue weighted by molar-refractivity contribution is 5.54. The molecule has 0 spiro atoms. The predicted octanol–water partition coefficient (Wildman–Crippen LogP) is 3.71. The summed E-state index contributed by atoms with van der Waals surface area (Å²) < 4.78 is 5.20. The summed E-state index contributed by atoms with van der Waals surface area (Å²) in [6.07, 6.45) is 0.782. The minimum absolute atomic E-state index is 0.0319. The van der Waals surface area contributed by atoms with E-state index in [1.165, 1.54) is 0 Å². The number of anilines is 1. The van der Waals surface area contributed by atoms with E-state index in [1.807, 2.05) is 42.5 Å². The lowest BCUT2D eigenvalue weighted by Gasteiger charge is -2.34. The Labute approximate surface area is 126 Å². The molecule has 0 radical (unpaired) electrons. The molecule has 0 fully saturated rings. The molecule has 2 aromatic carbocycles. The Morgan fingerprint density at radius 3 is 2.29 bits per heavy atom. The van der Waals surface area contributed by atoms with E-state index >= 15 is 0 Å². The molecule has 0 bridgehead atoms. The maximum atomic E-state index is 10.0. The molecule has 2 rings (SSSR count). The lowest BCUT2D eigenvalue weighted by Crippen LogP contribution is -2.38. The van der Waals surface area contributed by atoms with Crippen molar-refractivity contribution in [1.29, 1.82) is 0 Å². The Kier molecular flexibility index (Phi) is 4.86. The summed E-state index contributed by atoms with van der Waals surface area (Å²) in [6, 6.07) is 16.0. The monoisotopic (exact) mass is 285 g/mol. The fourth-order valence-electron chi connectivity index (χ4n) is 2.49. The Balaban J connectivity index is 2.37. The van der Waals surface area contributed by atoms with Crippen LogP contribution in [0, 0.1) is 6.92 Å². The molecule has 0 amide bonds. The minimum atomic E-state index is -0.488. The number of hydrogen-bond acceptors (Lipinski definition) is 3. The van der Waals surface area contributed by atoms with Crippen LogP contribution in [0.1, 0.15) is 24.5 Å². The van der Waals surface area contributed by atoms with E-state index < -0.39 is 5.54 Å². The Morgan fingerprint density at radius 2 is 1.76 bits per heavy atom. The second-order valence-electron chi connectivity index (χ2n) is 5.26. The van der Waals surface area contributed by atoms with Crippen LogP contribution >= 0.6 is 0 Å². The van der Waals surface area contributed by atoms with Crippen LogP contribution in [0.2, 0.25) is 0 Å².